The Morgan fingerprint density at radius 2 is 2.11 bits per heavy atom. The lowest BCUT2D eigenvalue weighted by Crippen LogP contribution is -2.22. The molecule has 0 N–H and O–H groups in total. The van der Waals surface area contributed by atoms with E-state index in [1.54, 1.807) is 6.07 Å². The van der Waals surface area contributed by atoms with Crippen molar-refractivity contribution in [1.82, 2.24) is 0 Å². The van der Waals surface area contributed by atoms with Crippen LogP contribution in [0.25, 0.3) is 0 Å². The second kappa shape index (κ2) is 8.03. The SMILES string of the molecule is CCSCCCN(C)c1ccccc1C(=O)OC. The van der Waals surface area contributed by atoms with E-state index in [0.717, 1.165) is 30.2 Å². The second-order valence-corrected chi connectivity index (χ2v) is 5.37. The Labute approximate surface area is 114 Å². The van der Waals surface area contributed by atoms with Gasteiger partial charge in [0, 0.05) is 13.6 Å². The number of carbonyl (C=O) groups excluding carboxylic acids is 1. The fraction of sp³-hybridized carbons (Fsp3) is 0.500. The number of hydrogen-bond donors (Lipinski definition) is 0. The summed E-state index contributed by atoms with van der Waals surface area (Å²) < 4.78 is 4.80. The van der Waals surface area contributed by atoms with Crippen LogP contribution in [0.4, 0.5) is 5.69 Å². The molecule has 4 heteroatoms. The van der Waals surface area contributed by atoms with Crippen molar-refractivity contribution >= 4 is 23.4 Å². The quantitative estimate of drug-likeness (QED) is 0.561. The first-order valence-electron chi connectivity index (χ1n) is 6.17. The number of ether oxygens (including phenoxy) is 1. The molecule has 0 aliphatic carbocycles. The van der Waals surface area contributed by atoms with Crippen LogP contribution >= 0.6 is 11.8 Å². The lowest BCUT2D eigenvalue weighted by Gasteiger charge is -2.21. The third-order valence-corrected chi connectivity index (χ3v) is 3.69. The Hall–Kier alpha value is -1.16. The maximum Gasteiger partial charge on any atom is 0.339 e. The Kier molecular flexibility index (Phi) is 6.65. The van der Waals surface area contributed by atoms with E-state index in [2.05, 4.69) is 11.8 Å². The summed E-state index contributed by atoms with van der Waals surface area (Å²) in [6, 6.07) is 7.56. The summed E-state index contributed by atoms with van der Waals surface area (Å²) in [5.74, 6) is 2.03. The van der Waals surface area contributed by atoms with Crippen molar-refractivity contribution in [3.8, 4) is 0 Å². The molecule has 18 heavy (non-hydrogen) atoms. The first kappa shape index (κ1) is 14.9. The highest BCUT2D eigenvalue weighted by atomic mass is 32.2. The van der Waals surface area contributed by atoms with E-state index in [1.807, 2.05) is 37.0 Å². The van der Waals surface area contributed by atoms with Gasteiger partial charge in [-0.25, -0.2) is 4.79 Å². The predicted molar refractivity (Wildman–Crippen MR) is 78.7 cm³/mol. The van der Waals surface area contributed by atoms with Crippen molar-refractivity contribution in [1.29, 1.82) is 0 Å². The Bertz CT molecular complexity index is 382. The van der Waals surface area contributed by atoms with Crippen LogP contribution in [0.2, 0.25) is 0 Å². The van der Waals surface area contributed by atoms with Crippen LogP contribution < -0.4 is 4.90 Å². The molecule has 0 fully saturated rings. The van der Waals surface area contributed by atoms with E-state index in [0.29, 0.717) is 5.56 Å². The monoisotopic (exact) mass is 267 g/mol. The molecule has 0 bridgehead atoms. The van der Waals surface area contributed by atoms with Crippen LogP contribution in [-0.4, -0.2) is 38.2 Å². The third-order valence-electron chi connectivity index (χ3n) is 2.71. The summed E-state index contributed by atoms with van der Waals surface area (Å²) >= 11 is 1.94. The maximum absolute atomic E-state index is 11.7. The molecular formula is C14H21NO2S. The minimum absolute atomic E-state index is 0.277. The zero-order chi connectivity index (χ0) is 13.4. The molecule has 100 valence electrons. The van der Waals surface area contributed by atoms with Gasteiger partial charge in [0.1, 0.15) is 0 Å². The van der Waals surface area contributed by atoms with Gasteiger partial charge in [0.05, 0.1) is 18.4 Å². The average Bonchev–Trinajstić information content (AvgIpc) is 2.42. The normalized spacial score (nSPS) is 10.2. The molecule has 0 unspecified atom stereocenters. The minimum atomic E-state index is -0.277. The van der Waals surface area contributed by atoms with Crippen molar-refractivity contribution in [2.45, 2.75) is 13.3 Å². The molecule has 1 rings (SSSR count). The van der Waals surface area contributed by atoms with Crippen molar-refractivity contribution in [2.75, 3.05) is 37.1 Å². The molecule has 0 saturated heterocycles. The molecule has 0 spiro atoms. The number of methoxy groups -OCH3 is 1. The number of anilines is 1. The van der Waals surface area contributed by atoms with Crippen molar-refractivity contribution in [3.63, 3.8) is 0 Å². The first-order valence-corrected chi connectivity index (χ1v) is 7.32. The highest BCUT2D eigenvalue weighted by molar-refractivity contribution is 7.99. The molecule has 0 amide bonds. The topological polar surface area (TPSA) is 29.5 Å². The van der Waals surface area contributed by atoms with Crippen LogP contribution in [0.15, 0.2) is 24.3 Å². The average molecular weight is 267 g/mol. The molecular weight excluding hydrogens is 246 g/mol. The maximum atomic E-state index is 11.7. The first-order chi connectivity index (χ1) is 8.70. The van der Waals surface area contributed by atoms with Gasteiger partial charge in [-0.05, 0) is 30.1 Å². The van der Waals surface area contributed by atoms with Crippen LogP contribution in [0.5, 0.6) is 0 Å². The molecule has 1 aromatic carbocycles. The van der Waals surface area contributed by atoms with Gasteiger partial charge in [-0.2, -0.15) is 11.8 Å². The molecule has 0 atom stereocenters. The number of nitrogens with zero attached hydrogens (tertiary/aromatic N) is 1. The van der Waals surface area contributed by atoms with Crippen molar-refractivity contribution < 1.29 is 9.53 Å². The van der Waals surface area contributed by atoms with Crippen LogP contribution in [0.3, 0.4) is 0 Å². The molecule has 0 aliphatic heterocycles. The van der Waals surface area contributed by atoms with Gasteiger partial charge in [0.15, 0.2) is 0 Å². The van der Waals surface area contributed by atoms with Gasteiger partial charge in [-0.3, -0.25) is 0 Å². The summed E-state index contributed by atoms with van der Waals surface area (Å²) in [7, 11) is 3.43. The molecule has 0 aliphatic rings. The fourth-order valence-corrected chi connectivity index (χ4v) is 2.38. The predicted octanol–water partition coefficient (Wildman–Crippen LogP) is 3.05. The van der Waals surface area contributed by atoms with Gasteiger partial charge >= 0.3 is 5.97 Å². The Morgan fingerprint density at radius 3 is 2.78 bits per heavy atom. The molecule has 3 nitrogen and oxygen atoms in total. The number of hydrogen-bond acceptors (Lipinski definition) is 4. The number of para-hydroxylation sites is 1. The fourth-order valence-electron chi connectivity index (χ4n) is 1.76. The summed E-state index contributed by atoms with van der Waals surface area (Å²) in [5.41, 5.74) is 1.57. The number of carbonyl (C=O) groups is 1. The summed E-state index contributed by atoms with van der Waals surface area (Å²) in [6.45, 7) is 3.11. The highest BCUT2D eigenvalue weighted by Gasteiger charge is 2.13. The van der Waals surface area contributed by atoms with Gasteiger partial charge in [-0.1, -0.05) is 19.1 Å². The smallest absolute Gasteiger partial charge is 0.339 e. The minimum Gasteiger partial charge on any atom is -0.465 e. The van der Waals surface area contributed by atoms with E-state index in [-0.39, 0.29) is 5.97 Å². The lowest BCUT2D eigenvalue weighted by atomic mass is 10.1. The highest BCUT2D eigenvalue weighted by Crippen LogP contribution is 2.20. The lowest BCUT2D eigenvalue weighted by molar-refractivity contribution is 0.0601. The zero-order valence-corrected chi connectivity index (χ0v) is 12.1. The van der Waals surface area contributed by atoms with E-state index in [4.69, 9.17) is 4.74 Å². The molecule has 0 radical (unpaired) electrons. The van der Waals surface area contributed by atoms with Gasteiger partial charge in [-0.15, -0.1) is 0 Å². The second-order valence-electron chi connectivity index (χ2n) is 3.98. The molecule has 0 saturated carbocycles. The Balaban J connectivity index is 2.66. The van der Waals surface area contributed by atoms with Crippen molar-refractivity contribution in [2.24, 2.45) is 0 Å². The van der Waals surface area contributed by atoms with E-state index >= 15 is 0 Å². The number of benzene rings is 1. The van der Waals surface area contributed by atoms with E-state index < -0.39 is 0 Å². The standard InChI is InChI=1S/C14H21NO2S/c1-4-18-11-7-10-15(2)13-9-6-5-8-12(13)14(16)17-3/h5-6,8-9H,4,7,10-11H2,1-3H3. The molecule has 1 aromatic rings. The number of thioether (sulfide) groups is 1. The zero-order valence-electron chi connectivity index (χ0n) is 11.3. The number of esters is 1. The Morgan fingerprint density at radius 1 is 1.39 bits per heavy atom. The van der Waals surface area contributed by atoms with Gasteiger partial charge in [0.2, 0.25) is 0 Å². The number of rotatable bonds is 7. The third kappa shape index (κ3) is 4.26. The van der Waals surface area contributed by atoms with Crippen LogP contribution in [0.1, 0.15) is 23.7 Å². The molecule has 0 aromatic heterocycles. The van der Waals surface area contributed by atoms with Gasteiger partial charge in [0.25, 0.3) is 0 Å². The van der Waals surface area contributed by atoms with E-state index in [9.17, 15) is 4.79 Å². The van der Waals surface area contributed by atoms with Crippen LogP contribution in [0, 0.1) is 0 Å². The summed E-state index contributed by atoms with van der Waals surface area (Å²) in [4.78, 5) is 13.8. The largest absolute Gasteiger partial charge is 0.465 e. The van der Waals surface area contributed by atoms with Crippen LogP contribution in [-0.2, 0) is 4.74 Å². The van der Waals surface area contributed by atoms with Gasteiger partial charge < -0.3 is 9.64 Å². The summed E-state index contributed by atoms with van der Waals surface area (Å²) in [6.07, 6.45) is 1.12. The summed E-state index contributed by atoms with van der Waals surface area (Å²) in [5, 5.41) is 0. The molecule has 0 heterocycles. The van der Waals surface area contributed by atoms with E-state index in [1.165, 1.54) is 7.11 Å². The van der Waals surface area contributed by atoms with Crippen molar-refractivity contribution in [3.05, 3.63) is 29.8 Å².